The van der Waals surface area contributed by atoms with Gasteiger partial charge in [0.15, 0.2) is 0 Å². The van der Waals surface area contributed by atoms with Crippen molar-refractivity contribution < 1.29 is 13.9 Å². The van der Waals surface area contributed by atoms with E-state index in [9.17, 15) is 9.18 Å². The van der Waals surface area contributed by atoms with Crippen LogP contribution in [0.5, 0.6) is 0 Å². The summed E-state index contributed by atoms with van der Waals surface area (Å²) in [6.07, 6.45) is -0.142. The zero-order valence-corrected chi connectivity index (χ0v) is 13.0. The summed E-state index contributed by atoms with van der Waals surface area (Å²) >= 11 is 0. The van der Waals surface area contributed by atoms with E-state index in [-0.39, 0.29) is 36.8 Å². The molecular formula is C18H21FN2O2. The summed E-state index contributed by atoms with van der Waals surface area (Å²) in [5, 5.41) is 2.97. The smallest absolute Gasteiger partial charge is 0.223 e. The van der Waals surface area contributed by atoms with Crippen LogP contribution in [0, 0.1) is 5.82 Å². The van der Waals surface area contributed by atoms with Gasteiger partial charge in [-0.1, -0.05) is 42.5 Å². The monoisotopic (exact) mass is 316 g/mol. The summed E-state index contributed by atoms with van der Waals surface area (Å²) in [4.78, 5) is 12.3. The molecular weight excluding hydrogens is 295 g/mol. The Balaban J connectivity index is 2.21. The summed E-state index contributed by atoms with van der Waals surface area (Å²) in [7, 11) is 1.53. The SMILES string of the molecule is COC(CN)CC(=O)NC(c1ccccc1)c1ccc(F)cc1. The maximum absolute atomic E-state index is 13.2. The number of nitrogens with two attached hydrogens (primary N) is 1. The van der Waals surface area contributed by atoms with E-state index < -0.39 is 0 Å². The molecule has 5 heteroatoms. The van der Waals surface area contributed by atoms with Crippen LogP contribution in [0.25, 0.3) is 0 Å². The van der Waals surface area contributed by atoms with Gasteiger partial charge in [-0.25, -0.2) is 4.39 Å². The van der Waals surface area contributed by atoms with Gasteiger partial charge in [-0.05, 0) is 23.3 Å². The second-order valence-electron chi connectivity index (χ2n) is 5.26. The van der Waals surface area contributed by atoms with Crippen LogP contribution in [0.15, 0.2) is 54.6 Å². The Morgan fingerprint density at radius 1 is 1.13 bits per heavy atom. The van der Waals surface area contributed by atoms with Gasteiger partial charge in [-0.3, -0.25) is 4.79 Å². The molecule has 3 N–H and O–H groups in total. The highest BCUT2D eigenvalue weighted by atomic mass is 19.1. The van der Waals surface area contributed by atoms with Gasteiger partial charge < -0.3 is 15.8 Å². The molecule has 0 heterocycles. The number of halogens is 1. The molecule has 0 aliphatic rings. The van der Waals surface area contributed by atoms with Crippen LogP contribution in [0.1, 0.15) is 23.6 Å². The topological polar surface area (TPSA) is 64.3 Å². The van der Waals surface area contributed by atoms with E-state index >= 15 is 0 Å². The summed E-state index contributed by atoms with van der Waals surface area (Å²) in [6, 6.07) is 15.3. The van der Waals surface area contributed by atoms with Crippen LogP contribution in [0.4, 0.5) is 4.39 Å². The molecule has 2 rings (SSSR count). The summed E-state index contributed by atoms with van der Waals surface area (Å²) in [6.45, 7) is 0.274. The van der Waals surface area contributed by atoms with Gasteiger partial charge in [0.1, 0.15) is 5.82 Å². The third-order valence-electron chi connectivity index (χ3n) is 3.65. The maximum Gasteiger partial charge on any atom is 0.223 e. The van der Waals surface area contributed by atoms with Crippen LogP contribution in [-0.2, 0) is 9.53 Å². The van der Waals surface area contributed by atoms with E-state index in [2.05, 4.69) is 5.32 Å². The number of rotatable bonds is 7. The van der Waals surface area contributed by atoms with E-state index in [1.807, 2.05) is 30.3 Å². The average Bonchev–Trinajstić information content (AvgIpc) is 2.59. The van der Waals surface area contributed by atoms with E-state index in [0.717, 1.165) is 11.1 Å². The number of benzene rings is 2. The molecule has 0 saturated carbocycles. The van der Waals surface area contributed by atoms with Crippen molar-refractivity contribution in [2.75, 3.05) is 13.7 Å². The van der Waals surface area contributed by atoms with Crippen molar-refractivity contribution in [1.82, 2.24) is 5.32 Å². The minimum Gasteiger partial charge on any atom is -0.380 e. The first-order valence-corrected chi connectivity index (χ1v) is 7.46. The molecule has 0 bridgehead atoms. The lowest BCUT2D eigenvalue weighted by Crippen LogP contribution is -2.34. The highest BCUT2D eigenvalue weighted by molar-refractivity contribution is 5.77. The number of carbonyl (C=O) groups excluding carboxylic acids is 1. The van der Waals surface area contributed by atoms with Crippen LogP contribution >= 0.6 is 0 Å². The van der Waals surface area contributed by atoms with Crippen molar-refractivity contribution in [2.24, 2.45) is 5.73 Å². The molecule has 0 aliphatic heterocycles. The number of methoxy groups -OCH3 is 1. The van der Waals surface area contributed by atoms with E-state index in [1.54, 1.807) is 12.1 Å². The van der Waals surface area contributed by atoms with Crippen molar-refractivity contribution in [3.05, 3.63) is 71.5 Å². The van der Waals surface area contributed by atoms with Gasteiger partial charge in [0, 0.05) is 13.7 Å². The Hall–Kier alpha value is -2.24. The Labute approximate surface area is 135 Å². The first-order valence-electron chi connectivity index (χ1n) is 7.46. The van der Waals surface area contributed by atoms with Crippen LogP contribution in [0.2, 0.25) is 0 Å². The molecule has 0 fully saturated rings. The Morgan fingerprint density at radius 3 is 2.30 bits per heavy atom. The number of hydrogen-bond donors (Lipinski definition) is 2. The minimum absolute atomic E-state index is 0.166. The Bertz CT molecular complexity index is 613. The molecule has 0 radical (unpaired) electrons. The summed E-state index contributed by atoms with van der Waals surface area (Å²) in [5.41, 5.74) is 7.29. The molecule has 0 spiro atoms. The molecule has 23 heavy (non-hydrogen) atoms. The number of amides is 1. The van der Waals surface area contributed by atoms with Crippen molar-refractivity contribution in [1.29, 1.82) is 0 Å². The van der Waals surface area contributed by atoms with Crippen molar-refractivity contribution >= 4 is 5.91 Å². The van der Waals surface area contributed by atoms with E-state index in [1.165, 1.54) is 19.2 Å². The number of nitrogens with one attached hydrogen (secondary N) is 1. The first kappa shape index (κ1) is 17.1. The fraction of sp³-hybridized carbons (Fsp3) is 0.278. The standard InChI is InChI=1S/C18H21FN2O2/c1-23-16(12-20)11-17(22)21-18(13-5-3-2-4-6-13)14-7-9-15(19)10-8-14/h2-10,16,18H,11-12,20H2,1H3,(H,21,22). The van der Waals surface area contributed by atoms with Gasteiger partial charge in [-0.2, -0.15) is 0 Å². The van der Waals surface area contributed by atoms with Crippen LogP contribution in [-0.4, -0.2) is 25.7 Å². The zero-order chi connectivity index (χ0) is 16.7. The molecule has 2 aromatic carbocycles. The Morgan fingerprint density at radius 2 is 1.74 bits per heavy atom. The fourth-order valence-electron chi connectivity index (χ4n) is 2.35. The highest BCUT2D eigenvalue weighted by Gasteiger charge is 2.19. The first-order chi connectivity index (χ1) is 11.1. The normalized spacial score (nSPS) is 13.3. The Kier molecular flexibility index (Phi) is 6.26. The van der Waals surface area contributed by atoms with E-state index in [0.29, 0.717) is 0 Å². The molecule has 2 atom stereocenters. The molecule has 0 aromatic heterocycles. The predicted octanol–water partition coefficient (Wildman–Crippen LogP) is 2.40. The molecule has 1 amide bonds. The fourth-order valence-corrected chi connectivity index (χ4v) is 2.35. The number of hydrogen-bond acceptors (Lipinski definition) is 3. The predicted molar refractivity (Wildman–Crippen MR) is 87.3 cm³/mol. The second kappa shape index (κ2) is 8.41. The lowest BCUT2D eigenvalue weighted by atomic mass is 9.98. The summed E-state index contributed by atoms with van der Waals surface area (Å²) < 4.78 is 18.3. The molecule has 2 aromatic rings. The van der Waals surface area contributed by atoms with Gasteiger partial charge in [-0.15, -0.1) is 0 Å². The summed E-state index contributed by atoms with van der Waals surface area (Å²) in [5.74, 6) is -0.477. The largest absolute Gasteiger partial charge is 0.380 e. The second-order valence-corrected chi connectivity index (χ2v) is 5.26. The van der Waals surface area contributed by atoms with Gasteiger partial charge in [0.05, 0.1) is 18.6 Å². The van der Waals surface area contributed by atoms with Crippen molar-refractivity contribution in [2.45, 2.75) is 18.6 Å². The third kappa shape index (κ3) is 4.87. The van der Waals surface area contributed by atoms with Gasteiger partial charge >= 0.3 is 0 Å². The molecule has 2 unspecified atom stereocenters. The molecule has 122 valence electrons. The quantitative estimate of drug-likeness (QED) is 0.824. The van der Waals surface area contributed by atoms with Crippen LogP contribution in [0.3, 0.4) is 0 Å². The van der Waals surface area contributed by atoms with E-state index in [4.69, 9.17) is 10.5 Å². The zero-order valence-electron chi connectivity index (χ0n) is 13.0. The number of carbonyl (C=O) groups is 1. The maximum atomic E-state index is 13.2. The lowest BCUT2D eigenvalue weighted by molar-refractivity contribution is -0.123. The van der Waals surface area contributed by atoms with Crippen molar-refractivity contribution in [3.8, 4) is 0 Å². The lowest BCUT2D eigenvalue weighted by Gasteiger charge is -2.21. The minimum atomic E-state index is -0.348. The van der Waals surface area contributed by atoms with Crippen molar-refractivity contribution in [3.63, 3.8) is 0 Å². The van der Waals surface area contributed by atoms with Gasteiger partial charge in [0.25, 0.3) is 0 Å². The number of ether oxygens (including phenoxy) is 1. The molecule has 0 aliphatic carbocycles. The average molecular weight is 316 g/mol. The van der Waals surface area contributed by atoms with Gasteiger partial charge in [0.2, 0.25) is 5.91 Å². The molecule has 4 nitrogen and oxygen atoms in total. The molecule has 0 saturated heterocycles. The highest BCUT2D eigenvalue weighted by Crippen LogP contribution is 2.22. The van der Waals surface area contributed by atoms with Crippen LogP contribution < -0.4 is 11.1 Å². The third-order valence-corrected chi connectivity index (χ3v) is 3.65.